The maximum absolute atomic E-state index is 12.6. The van der Waals surface area contributed by atoms with Gasteiger partial charge in [0.15, 0.2) is 0 Å². The minimum absolute atomic E-state index is 0.0269. The maximum Gasteiger partial charge on any atom is 0.315 e. The third-order valence-electron chi connectivity index (χ3n) is 5.15. The second-order valence-electron chi connectivity index (χ2n) is 6.75. The van der Waals surface area contributed by atoms with Crippen molar-refractivity contribution in [2.45, 2.75) is 51.0 Å². The van der Waals surface area contributed by atoms with Crippen molar-refractivity contribution in [3.05, 3.63) is 35.2 Å². The van der Waals surface area contributed by atoms with Gasteiger partial charge in [-0.1, -0.05) is 30.1 Å². The largest absolute Gasteiger partial charge is 0.349 e. The predicted molar refractivity (Wildman–Crippen MR) is 85.9 cm³/mol. The SMILES string of the molecule is O=C(NC1CCc2cc(-c3noc(C(F)F)n3)ccc21)C1CCCC1. The number of fused-ring (bicyclic) bond motifs is 1. The normalized spacial score (nSPS) is 20.2. The van der Waals surface area contributed by atoms with Crippen LogP contribution in [0.15, 0.2) is 22.7 Å². The van der Waals surface area contributed by atoms with Crippen LogP contribution in [0.1, 0.15) is 61.6 Å². The van der Waals surface area contributed by atoms with Crippen molar-refractivity contribution in [2.75, 3.05) is 0 Å². The van der Waals surface area contributed by atoms with Gasteiger partial charge in [0, 0.05) is 11.5 Å². The fraction of sp³-hybridized carbons (Fsp3) is 0.500. The molecule has 0 saturated heterocycles. The van der Waals surface area contributed by atoms with Gasteiger partial charge in [0.05, 0.1) is 6.04 Å². The summed E-state index contributed by atoms with van der Waals surface area (Å²) in [6.45, 7) is 0. The summed E-state index contributed by atoms with van der Waals surface area (Å²) in [5.74, 6) is -0.205. The summed E-state index contributed by atoms with van der Waals surface area (Å²) in [6, 6.07) is 5.64. The average molecular weight is 347 g/mol. The highest BCUT2D eigenvalue weighted by Crippen LogP contribution is 2.35. The number of aryl methyl sites for hydroxylation is 1. The molecule has 5 nitrogen and oxygen atoms in total. The molecule has 132 valence electrons. The standard InChI is InChI=1S/C18H19F2N3O2/c19-15(20)18-22-16(23-25-18)12-5-7-13-11(9-12)6-8-14(13)21-17(24)10-3-1-2-4-10/h5,7,9-10,14-15H,1-4,6,8H2,(H,21,24). The number of hydrogen-bond acceptors (Lipinski definition) is 4. The van der Waals surface area contributed by atoms with Gasteiger partial charge in [0.25, 0.3) is 5.89 Å². The van der Waals surface area contributed by atoms with Crippen molar-refractivity contribution in [3.63, 3.8) is 0 Å². The molecule has 0 radical (unpaired) electrons. The lowest BCUT2D eigenvalue weighted by Gasteiger charge is -2.17. The van der Waals surface area contributed by atoms with Crippen molar-refractivity contribution in [3.8, 4) is 11.4 Å². The van der Waals surface area contributed by atoms with E-state index < -0.39 is 12.3 Å². The number of carbonyl (C=O) groups is 1. The van der Waals surface area contributed by atoms with E-state index in [9.17, 15) is 13.6 Å². The van der Waals surface area contributed by atoms with Crippen molar-refractivity contribution in [2.24, 2.45) is 5.92 Å². The van der Waals surface area contributed by atoms with E-state index in [1.54, 1.807) is 6.07 Å². The Morgan fingerprint density at radius 2 is 2.04 bits per heavy atom. The van der Waals surface area contributed by atoms with Crippen LogP contribution in [0, 0.1) is 5.92 Å². The van der Waals surface area contributed by atoms with E-state index in [0.29, 0.717) is 5.56 Å². The molecule has 4 rings (SSSR count). The van der Waals surface area contributed by atoms with Gasteiger partial charge in [-0.15, -0.1) is 0 Å². The van der Waals surface area contributed by atoms with E-state index in [1.807, 2.05) is 12.1 Å². The Bertz CT molecular complexity index is 784. The Morgan fingerprint density at radius 3 is 2.76 bits per heavy atom. The van der Waals surface area contributed by atoms with Crippen LogP contribution in [0.5, 0.6) is 0 Å². The first-order valence-electron chi connectivity index (χ1n) is 8.67. The lowest BCUT2D eigenvalue weighted by atomic mass is 10.0. The minimum Gasteiger partial charge on any atom is -0.349 e. The number of benzene rings is 1. The highest BCUT2D eigenvalue weighted by molar-refractivity contribution is 5.79. The summed E-state index contributed by atoms with van der Waals surface area (Å²) in [6.07, 6.45) is 3.14. The van der Waals surface area contributed by atoms with Gasteiger partial charge in [0.1, 0.15) is 0 Å². The van der Waals surface area contributed by atoms with Crippen LogP contribution >= 0.6 is 0 Å². The van der Waals surface area contributed by atoms with Gasteiger partial charge < -0.3 is 9.84 Å². The molecule has 2 aliphatic carbocycles. The van der Waals surface area contributed by atoms with Gasteiger partial charge >= 0.3 is 6.43 Å². The Morgan fingerprint density at radius 1 is 1.24 bits per heavy atom. The zero-order valence-corrected chi connectivity index (χ0v) is 13.7. The minimum atomic E-state index is -2.77. The summed E-state index contributed by atoms with van der Waals surface area (Å²) in [4.78, 5) is 16.1. The quantitative estimate of drug-likeness (QED) is 0.909. The third kappa shape index (κ3) is 3.15. The molecule has 0 aliphatic heterocycles. The number of hydrogen-bond donors (Lipinski definition) is 1. The molecule has 0 bridgehead atoms. The Balaban J connectivity index is 1.50. The van der Waals surface area contributed by atoms with Crippen LogP contribution in [-0.4, -0.2) is 16.0 Å². The van der Waals surface area contributed by atoms with Crippen LogP contribution in [0.3, 0.4) is 0 Å². The molecule has 1 saturated carbocycles. The molecule has 25 heavy (non-hydrogen) atoms. The van der Waals surface area contributed by atoms with E-state index in [2.05, 4.69) is 20.0 Å². The van der Waals surface area contributed by atoms with E-state index in [0.717, 1.165) is 49.7 Å². The number of rotatable bonds is 4. The number of carbonyl (C=O) groups excluding carboxylic acids is 1. The first-order chi connectivity index (χ1) is 12.1. The number of nitrogens with one attached hydrogen (secondary N) is 1. The molecule has 1 aromatic carbocycles. The summed E-state index contributed by atoms with van der Waals surface area (Å²) in [5.41, 5.74) is 2.84. The van der Waals surface area contributed by atoms with E-state index >= 15 is 0 Å². The van der Waals surface area contributed by atoms with Gasteiger partial charge in [-0.3, -0.25) is 4.79 Å². The Labute approximate surface area is 143 Å². The molecule has 1 heterocycles. The Kier molecular flexibility index (Phi) is 4.23. The lowest BCUT2D eigenvalue weighted by Crippen LogP contribution is -2.32. The smallest absolute Gasteiger partial charge is 0.315 e. The molecule has 1 unspecified atom stereocenters. The molecule has 2 aliphatic rings. The van der Waals surface area contributed by atoms with Crippen molar-refractivity contribution >= 4 is 5.91 Å². The molecule has 1 amide bonds. The average Bonchev–Trinajstić information content (AvgIpc) is 3.35. The summed E-state index contributed by atoms with van der Waals surface area (Å²) in [7, 11) is 0. The van der Waals surface area contributed by atoms with Crippen LogP contribution < -0.4 is 5.32 Å². The first kappa shape index (κ1) is 16.2. The molecule has 0 spiro atoms. The first-order valence-corrected chi connectivity index (χ1v) is 8.67. The van der Waals surface area contributed by atoms with Gasteiger partial charge in [0.2, 0.25) is 11.7 Å². The lowest BCUT2D eigenvalue weighted by molar-refractivity contribution is -0.125. The molecule has 1 atom stereocenters. The zero-order valence-electron chi connectivity index (χ0n) is 13.7. The third-order valence-corrected chi connectivity index (χ3v) is 5.15. The molecule has 2 aromatic rings. The van der Waals surface area contributed by atoms with Gasteiger partial charge in [-0.2, -0.15) is 13.8 Å². The number of amides is 1. The highest BCUT2D eigenvalue weighted by atomic mass is 19.3. The molecule has 7 heteroatoms. The summed E-state index contributed by atoms with van der Waals surface area (Å²) in [5, 5.41) is 6.78. The monoisotopic (exact) mass is 347 g/mol. The fourth-order valence-corrected chi connectivity index (χ4v) is 3.83. The van der Waals surface area contributed by atoms with Crippen LogP contribution in [0.4, 0.5) is 8.78 Å². The Hall–Kier alpha value is -2.31. The summed E-state index contributed by atoms with van der Waals surface area (Å²) < 4.78 is 29.7. The number of nitrogens with zero attached hydrogens (tertiary/aromatic N) is 2. The van der Waals surface area contributed by atoms with Crippen molar-refractivity contribution in [1.82, 2.24) is 15.5 Å². The number of halogens is 2. The predicted octanol–water partition coefficient (Wildman–Crippen LogP) is 3.97. The van der Waals surface area contributed by atoms with Crippen LogP contribution in [0.2, 0.25) is 0 Å². The number of aromatic nitrogens is 2. The van der Waals surface area contributed by atoms with Crippen LogP contribution in [-0.2, 0) is 11.2 Å². The maximum atomic E-state index is 12.6. The van der Waals surface area contributed by atoms with E-state index in [-0.39, 0.29) is 23.7 Å². The number of alkyl halides is 2. The second kappa shape index (κ2) is 6.54. The molecule has 1 fully saturated rings. The van der Waals surface area contributed by atoms with E-state index in [1.165, 1.54) is 0 Å². The highest BCUT2D eigenvalue weighted by Gasteiger charge is 2.29. The van der Waals surface area contributed by atoms with Gasteiger partial charge in [-0.25, -0.2) is 0 Å². The fourth-order valence-electron chi connectivity index (χ4n) is 3.83. The topological polar surface area (TPSA) is 68.0 Å². The molecule has 1 aromatic heterocycles. The summed E-state index contributed by atoms with van der Waals surface area (Å²) >= 11 is 0. The van der Waals surface area contributed by atoms with Crippen molar-refractivity contribution in [1.29, 1.82) is 0 Å². The van der Waals surface area contributed by atoms with Gasteiger partial charge in [-0.05, 0) is 42.9 Å². The van der Waals surface area contributed by atoms with Crippen molar-refractivity contribution < 1.29 is 18.1 Å². The molecular formula is C18H19F2N3O2. The zero-order chi connectivity index (χ0) is 17.4. The van der Waals surface area contributed by atoms with Crippen LogP contribution in [0.25, 0.3) is 11.4 Å². The molecule has 1 N–H and O–H groups in total. The second-order valence-corrected chi connectivity index (χ2v) is 6.75. The molecular weight excluding hydrogens is 328 g/mol. The van der Waals surface area contributed by atoms with E-state index in [4.69, 9.17) is 0 Å².